The molecule has 0 aliphatic heterocycles. The van der Waals surface area contributed by atoms with Gasteiger partial charge in [0.25, 0.3) is 0 Å². The van der Waals surface area contributed by atoms with Crippen LogP contribution in [0.4, 0.5) is 0 Å². The lowest BCUT2D eigenvalue weighted by atomic mass is 9.89. The molecule has 1 aromatic heterocycles. The molecule has 0 N–H and O–H groups in total. The van der Waals surface area contributed by atoms with Gasteiger partial charge in [-0.25, -0.2) is 9.97 Å². The van der Waals surface area contributed by atoms with E-state index in [2.05, 4.69) is 30.7 Å². The van der Waals surface area contributed by atoms with Gasteiger partial charge in [-0.3, -0.25) is 0 Å². The van der Waals surface area contributed by atoms with Crippen LogP contribution in [0.2, 0.25) is 5.02 Å². The SMILES string of the molecule is [3H]C(C)(C)c1ccc(-c2ncc(C(C)(C)C)cn2)cc1Cl. The van der Waals surface area contributed by atoms with Crippen molar-refractivity contribution in [2.45, 2.75) is 45.9 Å². The molecule has 0 saturated heterocycles. The number of halogens is 1. The van der Waals surface area contributed by atoms with Gasteiger partial charge in [-0.1, -0.05) is 58.4 Å². The Bertz CT molecular complexity index is 637. The zero-order valence-corrected chi connectivity index (χ0v) is 13.4. The third-order valence-electron chi connectivity index (χ3n) is 3.28. The maximum absolute atomic E-state index is 8.07. The molecule has 3 heteroatoms. The number of rotatable bonds is 2. The molecule has 106 valence electrons. The monoisotopic (exact) mass is 290 g/mol. The topological polar surface area (TPSA) is 25.8 Å². The Morgan fingerprint density at radius 3 is 2.20 bits per heavy atom. The van der Waals surface area contributed by atoms with Gasteiger partial charge in [0.15, 0.2) is 5.82 Å². The van der Waals surface area contributed by atoms with E-state index in [-0.39, 0.29) is 5.41 Å². The minimum atomic E-state index is -0.716. The van der Waals surface area contributed by atoms with Crippen molar-refractivity contribution in [3.05, 3.63) is 46.7 Å². The Kier molecular flexibility index (Phi) is 3.75. The fraction of sp³-hybridized carbons (Fsp3) is 0.412. The van der Waals surface area contributed by atoms with Crippen molar-refractivity contribution >= 4 is 11.6 Å². The second-order valence-corrected chi connectivity index (χ2v) is 6.65. The zero-order chi connectivity index (χ0) is 15.8. The van der Waals surface area contributed by atoms with Gasteiger partial charge in [0.1, 0.15) is 0 Å². The first-order valence-electron chi connectivity index (χ1n) is 7.22. The summed E-state index contributed by atoms with van der Waals surface area (Å²) < 4.78 is 8.07. The maximum atomic E-state index is 8.07. The summed E-state index contributed by atoms with van der Waals surface area (Å²) >= 11 is 6.29. The molecule has 0 bridgehead atoms. The second kappa shape index (κ2) is 5.53. The molecule has 2 aromatic rings. The number of nitrogens with zero attached hydrogens (tertiary/aromatic N) is 2. The van der Waals surface area contributed by atoms with E-state index in [1.54, 1.807) is 0 Å². The number of hydrogen-bond acceptors (Lipinski definition) is 2. The largest absolute Gasteiger partial charge is 0.236 e. The highest BCUT2D eigenvalue weighted by Crippen LogP contribution is 2.29. The van der Waals surface area contributed by atoms with E-state index in [9.17, 15) is 0 Å². The minimum absolute atomic E-state index is 0.0370. The van der Waals surface area contributed by atoms with E-state index >= 15 is 0 Å². The van der Waals surface area contributed by atoms with Crippen molar-refractivity contribution in [3.63, 3.8) is 0 Å². The maximum Gasteiger partial charge on any atom is 0.159 e. The van der Waals surface area contributed by atoms with Crippen LogP contribution in [-0.4, -0.2) is 9.97 Å². The summed E-state index contributed by atoms with van der Waals surface area (Å²) in [5, 5.41) is 0.580. The van der Waals surface area contributed by atoms with Gasteiger partial charge < -0.3 is 0 Å². The molecule has 1 heterocycles. The number of benzene rings is 1. The van der Waals surface area contributed by atoms with Crippen LogP contribution in [0.3, 0.4) is 0 Å². The summed E-state index contributed by atoms with van der Waals surface area (Å²) in [6.07, 6.45) is 3.72. The standard InChI is InChI=1S/C17H21ClN2/c1-11(2)14-7-6-12(8-15(14)18)16-19-9-13(10-20-16)17(3,4)5/h6-11H,1-5H3/i11T. The number of hydrogen-bond donors (Lipinski definition) is 0. The van der Waals surface area contributed by atoms with Crippen molar-refractivity contribution in [1.82, 2.24) is 9.97 Å². The summed E-state index contributed by atoms with van der Waals surface area (Å²) in [5.74, 6) is -0.0636. The van der Waals surface area contributed by atoms with Gasteiger partial charge >= 0.3 is 0 Å². The molecule has 0 aliphatic carbocycles. The molecule has 0 aliphatic rings. The van der Waals surface area contributed by atoms with Crippen LogP contribution in [0.25, 0.3) is 11.4 Å². The third kappa shape index (κ3) is 3.18. The molecule has 20 heavy (non-hydrogen) atoms. The molecular formula is C17H21ClN2. The first-order chi connectivity index (χ1) is 9.59. The van der Waals surface area contributed by atoms with Crippen LogP contribution in [-0.2, 0) is 5.41 Å². The van der Waals surface area contributed by atoms with Gasteiger partial charge in [-0.2, -0.15) is 0 Å². The highest BCUT2D eigenvalue weighted by atomic mass is 35.5. The lowest BCUT2D eigenvalue weighted by Crippen LogP contribution is -2.12. The molecule has 2 rings (SSSR count). The Labute approximate surface area is 127 Å². The molecule has 1 aromatic carbocycles. The molecule has 0 unspecified atom stereocenters. The van der Waals surface area contributed by atoms with Gasteiger partial charge in [0.05, 0.1) is 0 Å². The molecule has 0 amide bonds. The van der Waals surface area contributed by atoms with E-state index in [0.717, 1.165) is 16.7 Å². The molecular weight excluding hydrogens is 268 g/mol. The predicted octanol–water partition coefficient (Wildman–Crippen LogP) is 5.22. The summed E-state index contributed by atoms with van der Waals surface area (Å²) in [7, 11) is 0. The van der Waals surface area contributed by atoms with Crippen molar-refractivity contribution < 1.29 is 1.37 Å². The Morgan fingerprint density at radius 1 is 1.15 bits per heavy atom. The van der Waals surface area contributed by atoms with Crippen molar-refractivity contribution in [1.29, 1.82) is 0 Å². The van der Waals surface area contributed by atoms with Crippen LogP contribution in [0.1, 0.15) is 53.0 Å². The van der Waals surface area contributed by atoms with E-state index in [0.29, 0.717) is 10.8 Å². The predicted molar refractivity (Wildman–Crippen MR) is 85.3 cm³/mol. The Morgan fingerprint density at radius 2 is 1.75 bits per heavy atom. The van der Waals surface area contributed by atoms with E-state index in [1.165, 1.54) is 0 Å². The first-order valence-corrected chi connectivity index (χ1v) is 7.10. The summed E-state index contributed by atoms with van der Waals surface area (Å²) in [5.41, 5.74) is 2.81. The van der Waals surface area contributed by atoms with Gasteiger partial charge in [0.2, 0.25) is 0 Å². The quantitative estimate of drug-likeness (QED) is 0.758. The number of aromatic nitrogens is 2. The Hall–Kier alpha value is -1.41. The van der Waals surface area contributed by atoms with Crippen LogP contribution >= 0.6 is 11.6 Å². The van der Waals surface area contributed by atoms with Crippen LogP contribution in [0, 0.1) is 0 Å². The highest BCUT2D eigenvalue weighted by molar-refractivity contribution is 6.31. The van der Waals surface area contributed by atoms with Crippen LogP contribution < -0.4 is 0 Å². The minimum Gasteiger partial charge on any atom is -0.236 e. The summed E-state index contributed by atoms with van der Waals surface area (Å²) in [6.45, 7) is 10.0. The van der Waals surface area contributed by atoms with E-state index in [1.807, 2.05) is 44.4 Å². The van der Waals surface area contributed by atoms with Crippen LogP contribution in [0.15, 0.2) is 30.6 Å². The summed E-state index contributed by atoms with van der Waals surface area (Å²) in [4.78, 5) is 8.86. The average molecular weight is 291 g/mol. The van der Waals surface area contributed by atoms with E-state index < -0.39 is 5.89 Å². The highest BCUT2D eigenvalue weighted by Gasteiger charge is 2.15. The lowest BCUT2D eigenvalue weighted by Gasteiger charge is -2.17. The zero-order valence-electron chi connectivity index (χ0n) is 13.7. The van der Waals surface area contributed by atoms with Gasteiger partial charge in [0, 0.05) is 24.4 Å². The molecule has 0 radical (unpaired) electrons. The lowest BCUT2D eigenvalue weighted by molar-refractivity contribution is 0.584. The van der Waals surface area contributed by atoms with Crippen molar-refractivity contribution in [2.24, 2.45) is 0 Å². The Balaban J connectivity index is 2.37. The van der Waals surface area contributed by atoms with Crippen LogP contribution in [0.5, 0.6) is 0 Å². The smallest absolute Gasteiger partial charge is 0.159 e. The van der Waals surface area contributed by atoms with Gasteiger partial charge in [-0.15, -0.1) is 0 Å². The molecule has 0 spiro atoms. The summed E-state index contributed by atoms with van der Waals surface area (Å²) in [6, 6.07) is 5.63. The molecule has 2 nitrogen and oxygen atoms in total. The molecule has 0 atom stereocenters. The molecule has 0 saturated carbocycles. The second-order valence-electron chi connectivity index (χ2n) is 6.24. The van der Waals surface area contributed by atoms with Crippen molar-refractivity contribution in [2.75, 3.05) is 0 Å². The van der Waals surface area contributed by atoms with Crippen molar-refractivity contribution in [3.8, 4) is 11.4 Å². The fourth-order valence-electron chi connectivity index (χ4n) is 1.92. The van der Waals surface area contributed by atoms with E-state index in [4.69, 9.17) is 13.0 Å². The third-order valence-corrected chi connectivity index (χ3v) is 3.60. The molecule has 0 fully saturated rings. The van der Waals surface area contributed by atoms with Gasteiger partial charge in [-0.05, 0) is 28.5 Å². The first kappa shape index (κ1) is 13.6. The normalized spacial score (nSPS) is 13.2. The average Bonchev–Trinajstić information content (AvgIpc) is 2.36. The fourth-order valence-corrected chi connectivity index (χ4v) is 2.29.